The lowest BCUT2D eigenvalue weighted by atomic mass is 10.0. The summed E-state index contributed by atoms with van der Waals surface area (Å²) in [5.41, 5.74) is 0.656. The summed E-state index contributed by atoms with van der Waals surface area (Å²) in [5, 5.41) is 9.74. The number of fused-ring (bicyclic) bond motifs is 1. The van der Waals surface area contributed by atoms with Crippen LogP contribution in [0.15, 0.2) is 23.1 Å². The van der Waals surface area contributed by atoms with Gasteiger partial charge in [0, 0.05) is 37.0 Å². The van der Waals surface area contributed by atoms with Gasteiger partial charge in [-0.3, -0.25) is 4.79 Å². The molecule has 184 valence electrons. The highest BCUT2D eigenvalue weighted by Gasteiger charge is 2.38. The van der Waals surface area contributed by atoms with Crippen LogP contribution in [0.25, 0.3) is 0 Å². The highest BCUT2D eigenvalue weighted by Crippen LogP contribution is 2.34. The second kappa shape index (κ2) is 11.3. The van der Waals surface area contributed by atoms with Crippen LogP contribution in [0.1, 0.15) is 33.3 Å². The van der Waals surface area contributed by atoms with E-state index in [1.54, 1.807) is 35.9 Å². The molecular formula is C24H37N3O5S. The van der Waals surface area contributed by atoms with E-state index in [4.69, 9.17) is 4.74 Å². The van der Waals surface area contributed by atoms with Crippen molar-refractivity contribution < 1.29 is 23.1 Å². The fourth-order valence-electron chi connectivity index (χ4n) is 3.51. The van der Waals surface area contributed by atoms with Crippen molar-refractivity contribution >= 4 is 15.9 Å². The van der Waals surface area contributed by atoms with Gasteiger partial charge in [-0.2, -0.15) is 4.31 Å². The summed E-state index contributed by atoms with van der Waals surface area (Å²) < 4.78 is 34.6. The van der Waals surface area contributed by atoms with Crippen molar-refractivity contribution in [2.45, 2.75) is 44.7 Å². The molecule has 3 atom stereocenters. The summed E-state index contributed by atoms with van der Waals surface area (Å²) in [4.78, 5) is 16.0. The van der Waals surface area contributed by atoms with Gasteiger partial charge in [0.2, 0.25) is 15.9 Å². The molecule has 0 saturated carbocycles. The topological polar surface area (TPSA) is 90.4 Å². The Bertz CT molecular complexity index is 997. The molecule has 0 aromatic heterocycles. The number of aliphatic hydroxyl groups is 1. The zero-order valence-electron chi connectivity index (χ0n) is 20.7. The number of carbonyl (C=O) groups is 1. The molecule has 1 amide bonds. The molecule has 1 heterocycles. The van der Waals surface area contributed by atoms with E-state index >= 15 is 0 Å². The van der Waals surface area contributed by atoms with E-state index in [1.165, 1.54) is 10.4 Å². The van der Waals surface area contributed by atoms with Gasteiger partial charge in [0.05, 0.1) is 19.7 Å². The summed E-state index contributed by atoms with van der Waals surface area (Å²) in [7, 11) is 1.47. The van der Waals surface area contributed by atoms with Crippen molar-refractivity contribution in [3.63, 3.8) is 0 Å². The third kappa shape index (κ3) is 6.93. The smallest absolute Gasteiger partial charge is 0.247 e. The molecule has 0 spiro atoms. The summed E-state index contributed by atoms with van der Waals surface area (Å²) in [6.45, 7) is 7.97. The van der Waals surface area contributed by atoms with Crippen LogP contribution in [-0.2, 0) is 14.8 Å². The summed E-state index contributed by atoms with van der Waals surface area (Å²) in [6.07, 6.45) is -0.447. The van der Waals surface area contributed by atoms with Gasteiger partial charge in [-0.05, 0) is 39.2 Å². The third-order valence-electron chi connectivity index (χ3n) is 5.50. The molecule has 1 aliphatic heterocycles. The maximum Gasteiger partial charge on any atom is 0.247 e. The van der Waals surface area contributed by atoms with E-state index in [1.807, 2.05) is 34.9 Å². The number of nitrogens with zero attached hydrogens (tertiary/aromatic N) is 3. The standard InChI is InChI=1S/C24H37N3O5S/c1-17(2)8-9-20-10-11-23-21(12-20)32-22(14-26(7)24(29)15-25(5)6)18(3)13-27(19(4)16-28)33(23,30)31/h10-12,17-19,22,28H,13-16H2,1-7H3/t18-,19-,22+/m0/s1. The maximum absolute atomic E-state index is 13.5. The first-order chi connectivity index (χ1) is 15.4. The molecule has 0 fully saturated rings. The van der Waals surface area contributed by atoms with Gasteiger partial charge in [0.25, 0.3) is 0 Å². The number of carbonyl (C=O) groups excluding carboxylic acids is 1. The van der Waals surface area contributed by atoms with Crippen molar-refractivity contribution in [1.29, 1.82) is 0 Å². The van der Waals surface area contributed by atoms with Crippen molar-refractivity contribution in [3.05, 3.63) is 23.8 Å². The van der Waals surface area contributed by atoms with Crippen LogP contribution in [0.3, 0.4) is 0 Å². The number of likely N-dealkylation sites (N-methyl/N-ethyl adjacent to an activating group) is 2. The molecule has 0 radical (unpaired) electrons. The highest BCUT2D eigenvalue weighted by atomic mass is 32.2. The molecule has 1 aromatic carbocycles. The van der Waals surface area contributed by atoms with E-state index in [0.717, 1.165) is 0 Å². The minimum Gasteiger partial charge on any atom is -0.487 e. The van der Waals surface area contributed by atoms with Crippen molar-refractivity contribution in [2.24, 2.45) is 11.8 Å². The van der Waals surface area contributed by atoms with Crippen LogP contribution in [0.5, 0.6) is 5.75 Å². The third-order valence-corrected chi connectivity index (χ3v) is 7.52. The van der Waals surface area contributed by atoms with Crippen LogP contribution in [-0.4, -0.2) is 93.1 Å². The quantitative estimate of drug-likeness (QED) is 0.622. The van der Waals surface area contributed by atoms with Crippen LogP contribution < -0.4 is 4.74 Å². The molecule has 1 N–H and O–H groups in total. The molecule has 0 saturated heterocycles. The number of hydrogen-bond donors (Lipinski definition) is 1. The first-order valence-electron chi connectivity index (χ1n) is 11.2. The lowest BCUT2D eigenvalue weighted by Crippen LogP contribution is -2.50. The molecule has 2 rings (SSSR count). The molecule has 1 aromatic rings. The molecule has 33 heavy (non-hydrogen) atoms. The SMILES string of the molecule is CC(C)C#Cc1ccc2c(c1)O[C@H](CN(C)C(=O)CN(C)C)[C@@H](C)CN([C@@H](C)CO)S2(=O)=O. The van der Waals surface area contributed by atoms with Crippen molar-refractivity contribution in [2.75, 3.05) is 47.4 Å². The fraction of sp³-hybridized carbons (Fsp3) is 0.625. The van der Waals surface area contributed by atoms with Gasteiger partial charge in [-0.15, -0.1) is 0 Å². The minimum absolute atomic E-state index is 0.0390. The van der Waals surface area contributed by atoms with E-state index in [0.29, 0.717) is 12.1 Å². The number of benzene rings is 1. The Morgan fingerprint density at radius 3 is 2.52 bits per heavy atom. The Morgan fingerprint density at radius 1 is 1.27 bits per heavy atom. The monoisotopic (exact) mass is 479 g/mol. The van der Waals surface area contributed by atoms with E-state index in [-0.39, 0.29) is 48.1 Å². The second-order valence-corrected chi connectivity index (χ2v) is 11.2. The largest absolute Gasteiger partial charge is 0.487 e. The van der Waals surface area contributed by atoms with Crippen LogP contribution in [0.4, 0.5) is 0 Å². The molecule has 9 heteroatoms. The number of sulfonamides is 1. The Balaban J connectivity index is 2.53. The van der Waals surface area contributed by atoms with Crippen molar-refractivity contribution in [3.8, 4) is 17.6 Å². The molecule has 0 bridgehead atoms. The van der Waals surface area contributed by atoms with E-state index < -0.39 is 22.2 Å². The zero-order valence-corrected chi connectivity index (χ0v) is 21.5. The number of hydrogen-bond acceptors (Lipinski definition) is 6. The Labute approximate surface area is 198 Å². The van der Waals surface area contributed by atoms with Crippen LogP contribution in [0.2, 0.25) is 0 Å². The average molecular weight is 480 g/mol. The normalized spacial score (nSPS) is 21.3. The predicted octanol–water partition coefficient (Wildman–Crippen LogP) is 1.48. The lowest BCUT2D eigenvalue weighted by Gasteiger charge is -2.37. The van der Waals surface area contributed by atoms with Gasteiger partial charge in [0.1, 0.15) is 16.7 Å². The molecule has 0 unspecified atom stereocenters. The van der Waals surface area contributed by atoms with Gasteiger partial charge < -0.3 is 19.6 Å². The van der Waals surface area contributed by atoms with Gasteiger partial charge in [-0.25, -0.2) is 8.42 Å². The Morgan fingerprint density at radius 2 is 1.94 bits per heavy atom. The van der Waals surface area contributed by atoms with E-state index in [2.05, 4.69) is 11.8 Å². The lowest BCUT2D eigenvalue weighted by molar-refractivity contribution is -0.132. The van der Waals surface area contributed by atoms with Crippen molar-refractivity contribution in [1.82, 2.24) is 14.1 Å². The number of rotatable bonds is 6. The van der Waals surface area contributed by atoms with Gasteiger partial charge >= 0.3 is 0 Å². The predicted molar refractivity (Wildman–Crippen MR) is 128 cm³/mol. The average Bonchev–Trinajstić information content (AvgIpc) is 2.73. The summed E-state index contributed by atoms with van der Waals surface area (Å²) in [5.74, 6) is 6.24. The first kappa shape index (κ1) is 27.1. The number of aliphatic hydroxyl groups excluding tert-OH is 1. The van der Waals surface area contributed by atoms with Crippen LogP contribution >= 0.6 is 0 Å². The van der Waals surface area contributed by atoms with Gasteiger partial charge in [-0.1, -0.05) is 32.6 Å². The number of ether oxygens (including phenoxy) is 1. The van der Waals surface area contributed by atoms with E-state index in [9.17, 15) is 18.3 Å². The maximum atomic E-state index is 13.5. The van der Waals surface area contributed by atoms with Crippen LogP contribution in [0, 0.1) is 23.7 Å². The molecule has 1 aliphatic rings. The molecule has 8 nitrogen and oxygen atoms in total. The second-order valence-electron chi connectivity index (χ2n) is 9.34. The minimum atomic E-state index is -3.91. The highest BCUT2D eigenvalue weighted by molar-refractivity contribution is 7.89. The zero-order chi connectivity index (χ0) is 24.9. The summed E-state index contributed by atoms with van der Waals surface area (Å²) >= 11 is 0. The fourth-order valence-corrected chi connectivity index (χ4v) is 5.34. The Hall–Kier alpha value is -2.12. The summed E-state index contributed by atoms with van der Waals surface area (Å²) in [6, 6.07) is 4.23. The first-order valence-corrected chi connectivity index (χ1v) is 12.6. The molecular weight excluding hydrogens is 442 g/mol. The molecule has 0 aliphatic carbocycles. The van der Waals surface area contributed by atoms with Gasteiger partial charge in [0.15, 0.2) is 0 Å². The number of amides is 1. The Kier molecular flexibility index (Phi) is 9.32.